The summed E-state index contributed by atoms with van der Waals surface area (Å²) in [5.41, 5.74) is 2.55. The van der Waals surface area contributed by atoms with E-state index in [0.29, 0.717) is 6.61 Å². The van der Waals surface area contributed by atoms with Crippen molar-refractivity contribution in [3.8, 4) is 0 Å². The first-order valence-electron chi connectivity index (χ1n) is 8.86. The molecule has 1 fully saturated rings. The summed E-state index contributed by atoms with van der Waals surface area (Å²) in [5, 5.41) is 11.6. The van der Waals surface area contributed by atoms with E-state index in [2.05, 4.69) is 36.8 Å². The van der Waals surface area contributed by atoms with E-state index in [1.165, 1.54) is 0 Å². The Morgan fingerprint density at radius 3 is 3.24 bits per heavy atom. The topological polar surface area (TPSA) is 97.2 Å². The zero-order valence-electron chi connectivity index (χ0n) is 14.2. The fraction of sp³-hybridized carbons (Fsp3) is 0.529. The number of amides is 1. The van der Waals surface area contributed by atoms with Crippen LogP contribution in [0.4, 0.5) is 4.79 Å². The minimum absolute atomic E-state index is 0.120. The van der Waals surface area contributed by atoms with Gasteiger partial charge < -0.3 is 15.0 Å². The zero-order chi connectivity index (χ0) is 17.2. The standard InChI is InChI=1S/C17H22N6O2/c1-2-3-8-25-17(24)20-12-5-4-11(9-12)16-22-21-14-10-19-15-13(23(14)16)6-7-18-15/h6-7,10-12,18H,2-5,8-9H2,1H3,(H,20,24)/t11-,12+/m1/s1. The first-order valence-corrected chi connectivity index (χ1v) is 8.86. The summed E-state index contributed by atoms with van der Waals surface area (Å²) in [7, 11) is 0. The molecule has 0 bridgehead atoms. The molecule has 1 aliphatic rings. The molecular formula is C17H22N6O2. The molecule has 0 spiro atoms. The highest BCUT2D eigenvalue weighted by Crippen LogP contribution is 2.34. The maximum Gasteiger partial charge on any atom is 0.407 e. The molecule has 0 aromatic carbocycles. The summed E-state index contributed by atoms with van der Waals surface area (Å²) in [6.45, 7) is 2.55. The molecule has 1 saturated carbocycles. The lowest BCUT2D eigenvalue weighted by molar-refractivity contribution is 0.140. The number of ether oxygens (including phenoxy) is 1. The highest BCUT2D eigenvalue weighted by Gasteiger charge is 2.31. The number of H-pyrrole nitrogens is 1. The predicted molar refractivity (Wildman–Crippen MR) is 92.4 cm³/mol. The highest BCUT2D eigenvalue weighted by molar-refractivity contribution is 5.74. The van der Waals surface area contributed by atoms with Crippen molar-refractivity contribution < 1.29 is 9.53 Å². The predicted octanol–water partition coefficient (Wildman–Crippen LogP) is 2.77. The molecule has 8 nitrogen and oxygen atoms in total. The summed E-state index contributed by atoms with van der Waals surface area (Å²) in [6, 6.07) is 2.10. The van der Waals surface area contributed by atoms with Crippen molar-refractivity contribution >= 4 is 22.9 Å². The van der Waals surface area contributed by atoms with E-state index in [4.69, 9.17) is 4.74 Å². The summed E-state index contributed by atoms with van der Waals surface area (Å²) >= 11 is 0. The Hall–Kier alpha value is -2.64. The highest BCUT2D eigenvalue weighted by atomic mass is 16.5. The second-order valence-corrected chi connectivity index (χ2v) is 6.56. The van der Waals surface area contributed by atoms with E-state index in [1.54, 1.807) is 6.20 Å². The van der Waals surface area contributed by atoms with Gasteiger partial charge in [-0.3, -0.25) is 4.40 Å². The van der Waals surface area contributed by atoms with Crippen molar-refractivity contribution in [2.45, 2.75) is 51.0 Å². The number of hydrogen-bond acceptors (Lipinski definition) is 5. The molecule has 1 aliphatic carbocycles. The zero-order valence-corrected chi connectivity index (χ0v) is 14.2. The van der Waals surface area contributed by atoms with Gasteiger partial charge in [-0.05, 0) is 31.7 Å². The first-order chi connectivity index (χ1) is 12.3. The van der Waals surface area contributed by atoms with Crippen LogP contribution in [-0.2, 0) is 4.74 Å². The summed E-state index contributed by atoms with van der Waals surface area (Å²) in [5.74, 6) is 1.20. The molecule has 3 aromatic rings. The van der Waals surface area contributed by atoms with Crippen molar-refractivity contribution in [1.29, 1.82) is 0 Å². The van der Waals surface area contributed by atoms with Crippen molar-refractivity contribution in [2.24, 2.45) is 0 Å². The van der Waals surface area contributed by atoms with Crippen LogP contribution in [0.2, 0.25) is 0 Å². The molecule has 2 N–H and O–H groups in total. The van der Waals surface area contributed by atoms with E-state index in [1.807, 2.05) is 12.3 Å². The minimum Gasteiger partial charge on any atom is -0.450 e. The lowest BCUT2D eigenvalue weighted by Gasteiger charge is -2.13. The Morgan fingerprint density at radius 1 is 1.44 bits per heavy atom. The number of nitrogens with one attached hydrogen (secondary N) is 2. The van der Waals surface area contributed by atoms with E-state index in [-0.39, 0.29) is 18.1 Å². The number of carbonyl (C=O) groups excluding carboxylic acids is 1. The molecule has 1 amide bonds. The number of alkyl carbamates (subject to hydrolysis) is 1. The average Bonchev–Trinajstić information content (AvgIpc) is 3.32. The van der Waals surface area contributed by atoms with Crippen LogP contribution in [0.15, 0.2) is 18.5 Å². The van der Waals surface area contributed by atoms with Crippen LogP contribution in [0.1, 0.15) is 50.8 Å². The van der Waals surface area contributed by atoms with Gasteiger partial charge in [0.25, 0.3) is 0 Å². The van der Waals surface area contributed by atoms with Gasteiger partial charge in [0.2, 0.25) is 0 Å². The first kappa shape index (κ1) is 15.9. The molecule has 2 atom stereocenters. The third-order valence-corrected chi connectivity index (χ3v) is 4.82. The molecule has 3 heterocycles. The number of aromatic amines is 1. The van der Waals surface area contributed by atoms with Crippen LogP contribution in [0.5, 0.6) is 0 Å². The van der Waals surface area contributed by atoms with Crippen molar-refractivity contribution in [1.82, 2.24) is 29.9 Å². The number of fused-ring (bicyclic) bond motifs is 3. The fourth-order valence-corrected chi connectivity index (χ4v) is 3.53. The second kappa shape index (κ2) is 6.70. The number of carbonyl (C=O) groups is 1. The summed E-state index contributed by atoms with van der Waals surface area (Å²) < 4.78 is 7.25. The smallest absolute Gasteiger partial charge is 0.407 e. The number of unbranched alkanes of at least 4 members (excludes halogenated alkanes) is 1. The van der Waals surface area contributed by atoms with E-state index >= 15 is 0 Å². The van der Waals surface area contributed by atoms with E-state index in [0.717, 1.165) is 54.7 Å². The third-order valence-electron chi connectivity index (χ3n) is 4.82. The lowest BCUT2D eigenvalue weighted by Crippen LogP contribution is -2.33. The van der Waals surface area contributed by atoms with Crippen LogP contribution in [0.3, 0.4) is 0 Å². The van der Waals surface area contributed by atoms with Gasteiger partial charge in [-0.15, -0.1) is 10.2 Å². The van der Waals surface area contributed by atoms with Gasteiger partial charge in [0, 0.05) is 18.2 Å². The molecular weight excluding hydrogens is 320 g/mol. The maximum absolute atomic E-state index is 11.8. The Kier molecular flexibility index (Phi) is 4.25. The minimum atomic E-state index is -0.317. The van der Waals surface area contributed by atoms with Gasteiger partial charge in [-0.25, -0.2) is 9.78 Å². The summed E-state index contributed by atoms with van der Waals surface area (Å²) in [6.07, 6.45) is 7.92. The lowest BCUT2D eigenvalue weighted by atomic mass is 10.1. The molecule has 8 heteroatoms. The van der Waals surface area contributed by atoms with Crippen LogP contribution >= 0.6 is 0 Å². The Bertz CT molecular complexity index is 886. The van der Waals surface area contributed by atoms with Gasteiger partial charge in [0.05, 0.1) is 18.3 Å². The van der Waals surface area contributed by atoms with Gasteiger partial charge in [0.15, 0.2) is 11.3 Å². The molecule has 3 aromatic heterocycles. The van der Waals surface area contributed by atoms with E-state index < -0.39 is 0 Å². The van der Waals surface area contributed by atoms with E-state index in [9.17, 15) is 4.79 Å². The van der Waals surface area contributed by atoms with Crippen LogP contribution < -0.4 is 5.32 Å². The summed E-state index contributed by atoms with van der Waals surface area (Å²) in [4.78, 5) is 19.3. The van der Waals surface area contributed by atoms with Gasteiger partial charge in [-0.2, -0.15) is 0 Å². The fourth-order valence-electron chi connectivity index (χ4n) is 3.53. The van der Waals surface area contributed by atoms with Gasteiger partial charge in [0.1, 0.15) is 5.82 Å². The van der Waals surface area contributed by atoms with Crippen molar-refractivity contribution in [2.75, 3.05) is 6.61 Å². The molecule has 0 aliphatic heterocycles. The number of aromatic nitrogens is 5. The third kappa shape index (κ3) is 3.04. The molecule has 0 saturated heterocycles. The number of nitrogens with zero attached hydrogens (tertiary/aromatic N) is 4. The second-order valence-electron chi connectivity index (χ2n) is 6.56. The molecule has 25 heavy (non-hydrogen) atoms. The molecule has 132 valence electrons. The molecule has 4 rings (SSSR count). The quantitative estimate of drug-likeness (QED) is 0.695. The van der Waals surface area contributed by atoms with Crippen LogP contribution in [0, 0.1) is 0 Å². The van der Waals surface area contributed by atoms with Crippen LogP contribution in [-0.4, -0.2) is 43.3 Å². The largest absolute Gasteiger partial charge is 0.450 e. The monoisotopic (exact) mass is 342 g/mol. The number of rotatable bonds is 5. The Labute approximate surface area is 145 Å². The van der Waals surface area contributed by atoms with Gasteiger partial charge in [-0.1, -0.05) is 13.3 Å². The Balaban J connectivity index is 1.48. The normalized spacial score (nSPS) is 20.4. The molecule has 0 unspecified atom stereocenters. The molecule has 0 radical (unpaired) electrons. The van der Waals surface area contributed by atoms with Crippen molar-refractivity contribution in [3.05, 3.63) is 24.3 Å². The van der Waals surface area contributed by atoms with Crippen molar-refractivity contribution in [3.63, 3.8) is 0 Å². The maximum atomic E-state index is 11.8. The number of hydrogen-bond donors (Lipinski definition) is 2. The Morgan fingerprint density at radius 2 is 2.36 bits per heavy atom. The van der Waals surface area contributed by atoms with Crippen LogP contribution in [0.25, 0.3) is 16.8 Å². The van der Waals surface area contributed by atoms with Gasteiger partial charge >= 0.3 is 6.09 Å². The SMILES string of the molecule is CCCCOC(=O)N[C@H]1CC[C@@H](c2nnc3cnc4[nH]ccc4n23)C1. The average molecular weight is 342 g/mol.